The molecular weight excluding hydrogens is 294 g/mol. The number of piperidine rings is 1. The van der Waals surface area contributed by atoms with Crippen molar-refractivity contribution in [3.8, 4) is 5.75 Å². The van der Waals surface area contributed by atoms with E-state index >= 15 is 0 Å². The first kappa shape index (κ1) is 17.3. The maximum Gasteiger partial charge on any atom is 0.309 e. The van der Waals surface area contributed by atoms with E-state index in [2.05, 4.69) is 0 Å². The Hall–Kier alpha value is -2.04. The molecule has 1 aliphatic heterocycles. The van der Waals surface area contributed by atoms with Crippen molar-refractivity contribution in [1.29, 1.82) is 0 Å². The second kappa shape index (κ2) is 7.99. The second-order valence-corrected chi connectivity index (χ2v) is 5.73. The molecule has 1 saturated heterocycles. The minimum absolute atomic E-state index is 0.0125. The molecule has 5 heteroatoms. The van der Waals surface area contributed by atoms with Crippen LogP contribution in [0.4, 0.5) is 0 Å². The highest BCUT2D eigenvalue weighted by atomic mass is 16.5. The number of benzene rings is 1. The van der Waals surface area contributed by atoms with Gasteiger partial charge in [-0.2, -0.15) is 0 Å². The number of carbonyl (C=O) groups excluding carboxylic acids is 2. The maximum absolute atomic E-state index is 12.6. The molecule has 5 nitrogen and oxygen atoms in total. The van der Waals surface area contributed by atoms with E-state index in [4.69, 9.17) is 9.47 Å². The molecule has 2 rings (SSSR count). The lowest BCUT2D eigenvalue weighted by atomic mass is 9.96. The van der Waals surface area contributed by atoms with Crippen molar-refractivity contribution in [2.45, 2.75) is 33.6 Å². The molecule has 0 N–H and O–H groups in total. The third-order valence-corrected chi connectivity index (χ3v) is 4.12. The zero-order chi connectivity index (χ0) is 16.8. The molecule has 0 atom stereocenters. The number of likely N-dealkylation sites (tertiary alicyclic amines) is 1. The van der Waals surface area contributed by atoms with Gasteiger partial charge in [0.25, 0.3) is 5.91 Å². The first-order chi connectivity index (χ1) is 11.1. The normalized spacial score (nSPS) is 15.3. The molecule has 126 valence electrons. The van der Waals surface area contributed by atoms with Crippen LogP contribution in [0.2, 0.25) is 0 Å². The van der Waals surface area contributed by atoms with Gasteiger partial charge < -0.3 is 14.4 Å². The van der Waals surface area contributed by atoms with Gasteiger partial charge in [0.2, 0.25) is 0 Å². The number of esters is 1. The smallest absolute Gasteiger partial charge is 0.309 e. The number of carbonyl (C=O) groups is 2. The predicted octanol–water partition coefficient (Wildman–Crippen LogP) is 2.81. The average molecular weight is 319 g/mol. The van der Waals surface area contributed by atoms with Gasteiger partial charge in [-0.05, 0) is 57.4 Å². The quantitative estimate of drug-likeness (QED) is 0.783. The van der Waals surface area contributed by atoms with Gasteiger partial charge in [0, 0.05) is 18.7 Å². The largest absolute Gasteiger partial charge is 0.494 e. The van der Waals surface area contributed by atoms with E-state index in [1.165, 1.54) is 0 Å². The number of aryl methyl sites for hydroxylation is 1. The van der Waals surface area contributed by atoms with E-state index in [0.29, 0.717) is 44.7 Å². The number of amides is 1. The predicted molar refractivity (Wildman–Crippen MR) is 87.6 cm³/mol. The lowest BCUT2D eigenvalue weighted by molar-refractivity contribution is -0.149. The van der Waals surface area contributed by atoms with Gasteiger partial charge in [0.05, 0.1) is 19.1 Å². The fourth-order valence-corrected chi connectivity index (χ4v) is 2.86. The Bertz CT molecular complexity index is 562. The molecule has 1 heterocycles. The van der Waals surface area contributed by atoms with Gasteiger partial charge >= 0.3 is 5.97 Å². The molecule has 0 radical (unpaired) electrons. The Morgan fingerprint density at radius 2 is 1.87 bits per heavy atom. The summed E-state index contributed by atoms with van der Waals surface area (Å²) >= 11 is 0. The van der Waals surface area contributed by atoms with Crippen LogP contribution in [0.25, 0.3) is 0 Å². The summed E-state index contributed by atoms with van der Waals surface area (Å²) in [4.78, 5) is 26.2. The molecule has 23 heavy (non-hydrogen) atoms. The molecule has 0 aliphatic carbocycles. The lowest BCUT2D eigenvalue weighted by Crippen LogP contribution is -2.40. The third-order valence-electron chi connectivity index (χ3n) is 4.12. The van der Waals surface area contributed by atoms with Crippen LogP contribution in [0.3, 0.4) is 0 Å². The highest BCUT2D eigenvalue weighted by Gasteiger charge is 2.28. The summed E-state index contributed by atoms with van der Waals surface area (Å²) in [5.74, 6) is 0.598. The van der Waals surface area contributed by atoms with Crippen molar-refractivity contribution in [2.24, 2.45) is 5.92 Å². The van der Waals surface area contributed by atoms with E-state index in [1.54, 1.807) is 6.07 Å². The lowest BCUT2D eigenvalue weighted by Gasteiger charge is -2.31. The van der Waals surface area contributed by atoms with Crippen LogP contribution in [0.15, 0.2) is 18.2 Å². The highest BCUT2D eigenvalue weighted by molar-refractivity contribution is 5.94. The monoisotopic (exact) mass is 319 g/mol. The van der Waals surface area contributed by atoms with Crippen LogP contribution in [0.5, 0.6) is 5.75 Å². The summed E-state index contributed by atoms with van der Waals surface area (Å²) in [7, 11) is 0. The number of rotatable bonds is 5. The van der Waals surface area contributed by atoms with Crippen LogP contribution in [0.1, 0.15) is 42.6 Å². The second-order valence-electron chi connectivity index (χ2n) is 5.73. The minimum Gasteiger partial charge on any atom is -0.494 e. The summed E-state index contributed by atoms with van der Waals surface area (Å²) in [5.41, 5.74) is 1.62. The third kappa shape index (κ3) is 4.24. The summed E-state index contributed by atoms with van der Waals surface area (Å²) in [6.07, 6.45) is 1.33. The molecule has 0 saturated carbocycles. The number of hydrogen-bond acceptors (Lipinski definition) is 4. The Balaban J connectivity index is 1.97. The van der Waals surface area contributed by atoms with E-state index in [-0.39, 0.29) is 17.8 Å². The number of ether oxygens (including phenoxy) is 2. The van der Waals surface area contributed by atoms with E-state index in [9.17, 15) is 9.59 Å². The van der Waals surface area contributed by atoms with Crippen molar-refractivity contribution in [1.82, 2.24) is 4.90 Å². The topological polar surface area (TPSA) is 55.8 Å². The van der Waals surface area contributed by atoms with Crippen molar-refractivity contribution in [2.75, 3.05) is 26.3 Å². The maximum atomic E-state index is 12.6. The van der Waals surface area contributed by atoms with Crippen molar-refractivity contribution >= 4 is 11.9 Å². The standard InChI is InChI=1S/C18H25NO4/c1-4-22-16-7-6-15(12-13(16)3)17(20)19-10-8-14(9-11-19)18(21)23-5-2/h6-7,12,14H,4-5,8-11H2,1-3H3. The Kier molecular flexibility index (Phi) is 6.02. The molecule has 1 aromatic rings. The van der Waals surface area contributed by atoms with Gasteiger partial charge in [-0.15, -0.1) is 0 Å². The van der Waals surface area contributed by atoms with E-state index in [0.717, 1.165) is 11.3 Å². The van der Waals surface area contributed by atoms with Crippen LogP contribution in [-0.2, 0) is 9.53 Å². The summed E-state index contributed by atoms with van der Waals surface area (Å²) < 4.78 is 10.6. The first-order valence-electron chi connectivity index (χ1n) is 8.26. The zero-order valence-electron chi connectivity index (χ0n) is 14.1. The number of nitrogens with zero attached hydrogens (tertiary/aromatic N) is 1. The number of hydrogen-bond donors (Lipinski definition) is 0. The van der Waals surface area contributed by atoms with Gasteiger partial charge in [-0.1, -0.05) is 0 Å². The summed E-state index contributed by atoms with van der Waals surface area (Å²) in [6, 6.07) is 5.51. The summed E-state index contributed by atoms with van der Waals surface area (Å²) in [5, 5.41) is 0. The zero-order valence-corrected chi connectivity index (χ0v) is 14.1. The summed E-state index contributed by atoms with van der Waals surface area (Å²) in [6.45, 7) is 7.88. The van der Waals surface area contributed by atoms with Gasteiger partial charge in [-0.25, -0.2) is 0 Å². The Morgan fingerprint density at radius 1 is 1.17 bits per heavy atom. The highest BCUT2D eigenvalue weighted by Crippen LogP contribution is 2.23. The molecule has 0 bridgehead atoms. The van der Waals surface area contributed by atoms with Crippen LogP contribution < -0.4 is 4.74 Å². The first-order valence-corrected chi connectivity index (χ1v) is 8.26. The van der Waals surface area contributed by atoms with E-state index < -0.39 is 0 Å². The van der Waals surface area contributed by atoms with Crippen molar-refractivity contribution in [3.63, 3.8) is 0 Å². The van der Waals surface area contributed by atoms with Crippen LogP contribution in [-0.4, -0.2) is 43.1 Å². The van der Waals surface area contributed by atoms with E-state index in [1.807, 2.05) is 37.8 Å². The van der Waals surface area contributed by atoms with Crippen LogP contribution in [0, 0.1) is 12.8 Å². The SMILES string of the molecule is CCOC(=O)C1CCN(C(=O)c2ccc(OCC)c(C)c2)CC1. The molecule has 0 spiro atoms. The fourth-order valence-electron chi connectivity index (χ4n) is 2.86. The fraction of sp³-hybridized carbons (Fsp3) is 0.556. The van der Waals surface area contributed by atoms with Crippen LogP contribution >= 0.6 is 0 Å². The van der Waals surface area contributed by atoms with Gasteiger partial charge in [0.15, 0.2) is 0 Å². The van der Waals surface area contributed by atoms with Gasteiger partial charge in [-0.3, -0.25) is 9.59 Å². The molecule has 0 unspecified atom stereocenters. The Labute approximate surface area is 137 Å². The van der Waals surface area contributed by atoms with Crippen molar-refractivity contribution < 1.29 is 19.1 Å². The molecule has 1 fully saturated rings. The molecule has 1 amide bonds. The minimum atomic E-state index is -0.142. The average Bonchev–Trinajstić information content (AvgIpc) is 2.56. The molecular formula is C18H25NO4. The molecule has 1 aliphatic rings. The van der Waals surface area contributed by atoms with Gasteiger partial charge in [0.1, 0.15) is 5.75 Å². The molecule has 0 aromatic heterocycles. The Morgan fingerprint density at radius 3 is 2.43 bits per heavy atom. The molecule has 1 aromatic carbocycles. The van der Waals surface area contributed by atoms with Crippen molar-refractivity contribution in [3.05, 3.63) is 29.3 Å².